The second-order valence-corrected chi connectivity index (χ2v) is 7.44. The number of rotatable bonds is 5. The number of nitrogens with zero attached hydrogens (tertiary/aromatic N) is 6. The van der Waals surface area contributed by atoms with Crippen LogP contribution in [-0.2, 0) is 18.1 Å². The Bertz CT molecular complexity index is 1460. The van der Waals surface area contributed by atoms with Crippen LogP contribution >= 0.6 is 0 Å². The number of benzene rings is 2. The summed E-state index contributed by atoms with van der Waals surface area (Å²) in [5.41, 5.74) is -3.72. The number of hydrogen-bond donors (Lipinski definition) is 1. The minimum Gasteiger partial charge on any atom is -0.377 e. The molecule has 1 atom stereocenters. The van der Waals surface area contributed by atoms with E-state index in [1.54, 1.807) is 24.3 Å². The fraction of sp³-hybridized carbons (Fsp3) is 0.125. The van der Waals surface area contributed by atoms with Gasteiger partial charge in [0.25, 0.3) is 0 Å². The second-order valence-electron chi connectivity index (χ2n) is 7.44. The van der Waals surface area contributed by atoms with Crippen LogP contribution in [0.1, 0.15) is 27.9 Å². The number of aromatic nitrogens is 5. The van der Waals surface area contributed by atoms with E-state index >= 15 is 8.78 Å². The van der Waals surface area contributed by atoms with Crippen molar-refractivity contribution < 1.29 is 22.7 Å². The monoisotopic (exact) mass is 478 g/mol. The van der Waals surface area contributed by atoms with Crippen molar-refractivity contribution in [2.24, 2.45) is 0 Å². The van der Waals surface area contributed by atoms with E-state index in [1.807, 2.05) is 6.07 Å². The van der Waals surface area contributed by atoms with Crippen molar-refractivity contribution in [1.82, 2.24) is 25.2 Å². The summed E-state index contributed by atoms with van der Waals surface area (Å²) in [6.07, 6.45) is 2.04. The average molecular weight is 478 g/mol. The van der Waals surface area contributed by atoms with Crippen LogP contribution in [-0.4, -0.2) is 30.3 Å². The Morgan fingerprint density at radius 3 is 2.40 bits per heavy atom. The lowest BCUT2D eigenvalue weighted by molar-refractivity contribution is -0.207. The van der Waals surface area contributed by atoms with E-state index < -0.39 is 41.0 Å². The van der Waals surface area contributed by atoms with Crippen LogP contribution in [0.2, 0.25) is 0 Å². The second kappa shape index (κ2) is 9.33. The smallest absolute Gasteiger partial charge is 0.323 e. The van der Waals surface area contributed by atoms with Gasteiger partial charge in [0.05, 0.1) is 18.2 Å². The Morgan fingerprint density at radius 1 is 0.971 bits per heavy atom. The maximum atomic E-state index is 15.7. The van der Waals surface area contributed by atoms with Crippen molar-refractivity contribution in [3.8, 4) is 17.9 Å². The van der Waals surface area contributed by atoms with Gasteiger partial charge in [-0.15, -0.1) is 5.10 Å². The first kappa shape index (κ1) is 23.5. The Labute approximate surface area is 196 Å². The molecule has 0 saturated carbocycles. The summed E-state index contributed by atoms with van der Waals surface area (Å²) >= 11 is 0. The van der Waals surface area contributed by atoms with E-state index in [9.17, 15) is 13.9 Å². The number of halogens is 4. The first-order valence-corrected chi connectivity index (χ1v) is 9.98. The molecule has 1 N–H and O–H groups in total. The van der Waals surface area contributed by atoms with E-state index in [1.165, 1.54) is 6.07 Å². The van der Waals surface area contributed by atoms with Gasteiger partial charge in [0, 0.05) is 29.0 Å². The molecule has 11 heteroatoms. The summed E-state index contributed by atoms with van der Waals surface area (Å²) < 4.78 is 60.2. The van der Waals surface area contributed by atoms with Crippen LogP contribution in [0.5, 0.6) is 0 Å². The van der Waals surface area contributed by atoms with Gasteiger partial charge in [0.15, 0.2) is 5.60 Å². The van der Waals surface area contributed by atoms with Crippen LogP contribution in [0.3, 0.4) is 0 Å². The molecule has 7 nitrogen and oxygen atoms in total. The highest BCUT2D eigenvalue weighted by Gasteiger charge is 2.57. The number of hydrogen-bond acceptors (Lipinski definition) is 6. The Kier molecular flexibility index (Phi) is 6.28. The molecule has 0 bridgehead atoms. The SMILES string of the molecule is N#Cc1cccc(C#Cc2ccc(C(F)(F)C(O)(Cn3cnnn3)c3ccc(F)cc3F)nc2)c1. The van der Waals surface area contributed by atoms with E-state index in [4.69, 9.17) is 5.26 Å². The molecule has 0 radical (unpaired) electrons. The van der Waals surface area contributed by atoms with Crippen LogP contribution in [0, 0.1) is 34.8 Å². The quantitative estimate of drug-likeness (QED) is 0.349. The fourth-order valence-corrected chi connectivity index (χ4v) is 3.34. The molecule has 0 aliphatic heterocycles. The molecule has 0 spiro atoms. The molecule has 0 aliphatic carbocycles. The van der Waals surface area contributed by atoms with Crippen molar-refractivity contribution in [1.29, 1.82) is 5.26 Å². The fourth-order valence-electron chi connectivity index (χ4n) is 3.34. The number of alkyl halides is 2. The third kappa shape index (κ3) is 4.71. The van der Waals surface area contributed by atoms with Crippen LogP contribution < -0.4 is 0 Å². The maximum Gasteiger partial charge on any atom is 0.323 e. The predicted molar refractivity (Wildman–Crippen MR) is 113 cm³/mol. The third-order valence-electron chi connectivity index (χ3n) is 5.11. The van der Waals surface area contributed by atoms with E-state index in [-0.39, 0.29) is 5.56 Å². The average Bonchev–Trinajstić information content (AvgIpc) is 3.35. The summed E-state index contributed by atoms with van der Waals surface area (Å²) in [6.45, 7) is -0.950. The van der Waals surface area contributed by atoms with Gasteiger partial charge in [-0.1, -0.05) is 17.9 Å². The number of tetrazole rings is 1. The molecule has 1 unspecified atom stereocenters. The van der Waals surface area contributed by atoms with Gasteiger partial charge in [0.1, 0.15) is 23.7 Å². The van der Waals surface area contributed by atoms with E-state index in [2.05, 4.69) is 32.4 Å². The molecule has 2 aromatic heterocycles. The summed E-state index contributed by atoms with van der Waals surface area (Å²) in [5, 5.41) is 30.2. The summed E-state index contributed by atoms with van der Waals surface area (Å²) in [4.78, 5) is 3.74. The highest BCUT2D eigenvalue weighted by molar-refractivity contribution is 5.45. The molecule has 35 heavy (non-hydrogen) atoms. The van der Waals surface area contributed by atoms with E-state index in [0.29, 0.717) is 17.2 Å². The lowest BCUT2D eigenvalue weighted by atomic mass is 9.84. The van der Waals surface area contributed by atoms with Crippen molar-refractivity contribution in [2.45, 2.75) is 18.1 Å². The molecule has 0 aliphatic rings. The normalized spacial score (nSPS) is 12.8. The van der Waals surface area contributed by atoms with Gasteiger partial charge in [-0.2, -0.15) is 14.0 Å². The highest BCUT2D eigenvalue weighted by Crippen LogP contribution is 2.46. The van der Waals surface area contributed by atoms with Crippen LogP contribution in [0.4, 0.5) is 17.6 Å². The van der Waals surface area contributed by atoms with Gasteiger partial charge in [-0.05, 0) is 52.9 Å². The molecule has 174 valence electrons. The first-order valence-electron chi connectivity index (χ1n) is 9.98. The number of aliphatic hydroxyl groups is 1. The minimum atomic E-state index is -4.16. The molecule has 4 rings (SSSR count). The minimum absolute atomic E-state index is 0.281. The van der Waals surface area contributed by atoms with E-state index in [0.717, 1.165) is 35.4 Å². The largest absolute Gasteiger partial charge is 0.377 e. The maximum absolute atomic E-state index is 15.7. The zero-order valence-electron chi connectivity index (χ0n) is 17.7. The summed E-state index contributed by atoms with van der Waals surface area (Å²) in [6, 6.07) is 12.6. The Morgan fingerprint density at radius 2 is 1.74 bits per heavy atom. The van der Waals surface area contributed by atoms with Crippen molar-refractivity contribution in [3.05, 3.63) is 107 Å². The molecule has 0 amide bonds. The number of nitriles is 1. The topological polar surface area (TPSA) is 101 Å². The van der Waals surface area contributed by atoms with Crippen molar-refractivity contribution in [2.75, 3.05) is 0 Å². The van der Waals surface area contributed by atoms with Crippen molar-refractivity contribution >= 4 is 0 Å². The molecule has 4 aromatic rings. The molecular weight excluding hydrogens is 464 g/mol. The van der Waals surface area contributed by atoms with Gasteiger partial charge < -0.3 is 5.11 Å². The molecular formula is C24H14F4N6O. The zero-order chi connectivity index (χ0) is 25.1. The van der Waals surface area contributed by atoms with Gasteiger partial charge >= 0.3 is 5.92 Å². The Balaban J connectivity index is 1.71. The number of pyridine rings is 1. The molecule has 2 heterocycles. The standard InChI is InChI=1S/C24H14F4N6O/c25-19-7-8-20(21(26)11-19)23(35,14-34-15-31-32-33-34)24(27,28)22-9-6-17(13-30-22)5-4-16-2-1-3-18(10-16)12-29/h1-3,6-11,13,15,35H,14H2. The molecule has 0 fully saturated rings. The third-order valence-corrected chi connectivity index (χ3v) is 5.11. The predicted octanol–water partition coefficient (Wildman–Crippen LogP) is 3.30. The Hall–Kier alpha value is -4.61. The van der Waals surface area contributed by atoms with Crippen molar-refractivity contribution in [3.63, 3.8) is 0 Å². The van der Waals surface area contributed by atoms with Gasteiger partial charge in [-0.25, -0.2) is 13.5 Å². The lowest BCUT2D eigenvalue weighted by Gasteiger charge is -2.35. The summed E-state index contributed by atoms with van der Waals surface area (Å²) in [5.74, 6) is -0.979. The highest BCUT2D eigenvalue weighted by atomic mass is 19.3. The molecule has 0 saturated heterocycles. The molecule has 2 aromatic carbocycles. The zero-order valence-corrected chi connectivity index (χ0v) is 17.7. The van der Waals surface area contributed by atoms with Crippen LogP contribution in [0.25, 0.3) is 0 Å². The van der Waals surface area contributed by atoms with Crippen LogP contribution in [0.15, 0.2) is 67.1 Å². The summed E-state index contributed by atoms with van der Waals surface area (Å²) in [7, 11) is 0. The first-order chi connectivity index (χ1) is 16.7. The van der Waals surface area contributed by atoms with Gasteiger partial charge in [-0.3, -0.25) is 4.98 Å². The lowest BCUT2D eigenvalue weighted by Crippen LogP contribution is -2.48. The van der Waals surface area contributed by atoms with Gasteiger partial charge in [0.2, 0.25) is 0 Å².